The minimum absolute atomic E-state index is 1.07. The van der Waals surface area contributed by atoms with E-state index >= 15 is 0 Å². The van der Waals surface area contributed by atoms with Gasteiger partial charge in [-0.15, -0.1) is 0 Å². The average Bonchev–Trinajstić information content (AvgIpc) is 1.85. The van der Waals surface area contributed by atoms with Crippen LogP contribution in [-0.2, 0) is 0 Å². The van der Waals surface area contributed by atoms with E-state index in [0.717, 1.165) is 6.54 Å². The molecular formula is C5H9IN2. The van der Waals surface area contributed by atoms with Crippen molar-refractivity contribution < 1.29 is 0 Å². The van der Waals surface area contributed by atoms with Gasteiger partial charge in [0.05, 0.1) is 6.54 Å². The molecule has 0 fully saturated rings. The topological polar surface area (TPSA) is 6.48 Å². The maximum Gasteiger partial charge on any atom is 0.0501 e. The van der Waals surface area contributed by atoms with Gasteiger partial charge in [-0.05, 0) is 22.6 Å². The normalized spacial score (nSPS) is 21.9. The van der Waals surface area contributed by atoms with Gasteiger partial charge >= 0.3 is 0 Å². The van der Waals surface area contributed by atoms with Crippen molar-refractivity contribution in [3.05, 3.63) is 9.78 Å². The molecule has 0 bridgehead atoms. The second kappa shape index (κ2) is 2.23. The Bertz CT molecular complexity index is 122. The molecule has 0 aromatic heterocycles. The largest absolute Gasteiger partial charge is 0.315 e. The first-order valence-electron chi connectivity index (χ1n) is 2.50. The van der Waals surface area contributed by atoms with E-state index in [2.05, 4.69) is 45.9 Å². The van der Waals surface area contributed by atoms with Gasteiger partial charge in [-0.3, -0.25) is 0 Å². The minimum atomic E-state index is 1.07. The molecule has 1 aliphatic heterocycles. The summed E-state index contributed by atoms with van der Waals surface area (Å²) in [4.78, 5) is 0. The van der Waals surface area contributed by atoms with Crippen LogP contribution in [0.2, 0.25) is 0 Å². The van der Waals surface area contributed by atoms with E-state index in [1.165, 1.54) is 3.58 Å². The Labute approximate surface area is 63.3 Å². The number of rotatable bonds is 0. The Morgan fingerprint density at radius 2 is 2.25 bits per heavy atom. The van der Waals surface area contributed by atoms with Gasteiger partial charge in [-0.2, -0.15) is 0 Å². The molecule has 0 radical (unpaired) electrons. The molecule has 1 heterocycles. The van der Waals surface area contributed by atoms with Crippen molar-refractivity contribution >= 4 is 22.6 Å². The molecule has 0 atom stereocenters. The highest BCUT2D eigenvalue weighted by Gasteiger charge is 2.10. The van der Waals surface area contributed by atoms with Crippen LogP contribution in [0.4, 0.5) is 0 Å². The van der Waals surface area contributed by atoms with Crippen LogP contribution >= 0.6 is 22.6 Å². The summed E-state index contributed by atoms with van der Waals surface area (Å²) in [5, 5.41) is 4.24. The highest BCUT2D eigenvalue weighted by molar-refractivity contribution is 14.1. The Morgan fingerprint density at radius 3 is 2.38 bits per heavy atom. The smallest absolute Gasteiger partial charge is 0.0501 e. The maximum atomic E-state index is 2.34. The quantitative estimate of drug-likeness (QED) is 0.567. The molecule has 0 aromatic carbocycles. The van der Waals surface area contributed by atoms with Crippen molar-refractivity contribution in [3.63, 3.8) is 0 Å². The molecule has 1 aliphatic rings. The Kier molecular flexibility index (Phi) is 1.77. The van der Waals surface area contributed by atoms with E-state index in [0.29, 0.717) is 0 Å². The third-order valence-electron chi connectivity index (χ3n) is 1.25. The molecule has 0 amide bonds. The van der Waals surface area contributed by atoms with Gasteiger partial charge in [-0.1, -0.05) is 0 Å². The molecule has 0 aromatic rings. The summed E-state index contributed by atoms with van der Waals surface area (Å²) >= 11 is 2.34. The zero-order valence-electron chi connectivity index (χ0n) is 5.06. The average molecular weight is 224 g/mol. The minimum Gasteiger partial charge on any atom is -0.315 e. The van der Waals surface area contributed by atoms with Crippen LogP contribution in [0.15, 0.2) is 9.78 Å². The molecule has 1 rings (SSSR count). The van der Waals surface area contributed by atoms with Gasteiger partial charge in [0.1, 0.15) is 0 Å². The summed E-state index contributed by atoms with van der Waals surface area (Å²) in [7, 11) is 4.12. The summed E-state index contributed by atoms with van der Waals surface area (Å²) in [5.74, 6) is 0. The van der Waals surface area contributed by atoms with E-state index in [9.17, 15) is 0 Å². The van der Waals surface area contributed by atoms with Gasteiger partial charge < -0.3 is 5.01 Å². The summed E-state index contributed by atoms with van der Waals surface area (Å²) in [6, 6.07) is 0. The van der Waals surface area contributed by atoms with Crippen LogP contribution < -0.4 is 0 Å². The summed E-state index contributed by atoms with van der Waals surface area (Å²) < 4.78 is 1.40. The van der Waals surface area contributed by atoms with Crippen molar-refractivity contribution in [1.82, 2.24) is 10.0 Å². The summed E-state index contributed by atoms with van der Waals surface area (Å²) in [6.45, 7) is 1.07. The Morgan fingerprint density at radius 1 is 1.62 bits per heavy atom. The van der Waals surface area contributed by atoms with Crippen molar-refractivity contribution in [2.45, 2.75) is 0 Å². The van der Waals surface area contributed by atoms with E-state index in [4.69, 9.17) is 0 Å². The fourth-order valence-corrected chi connectivity index (χ4v) is 1.57. The molecule has 3 heteroatoms. The number of hydrogen-bond acceptors (Lipinski definition) is 2. The van der Waals surface area contributed by atoms with Gasteiger partial charge in [-0.25, -0.2) is 5.01 Å². The molecule has 0 saturated carbocycles. The highest BCUT2D eigenvalue weighted by atomic mass is 127. The second-order valence-electron chi connectivity index (χ2n) is 1.97. The molecule has 46 valence electrons. The Hall–Kier alpha value is 0.230. The van der Waals surface area contributed by atoms with Crippen LogP contribution in [0.1, 0.15) is 0 Å². The van der Waals surface area contributed by atoms with Crippen LogP contribution in [0, 0.1) is 0 Å². The van der Waals surface area contributed by atoms with Gasteiger partial charge in [0, 0.05) is 23.9 Å². The molecule has 0 saturated heterocycles. The number of hydrazine groups is 1. The SMILES string of the molecule is CN1C=C(I)CN1C. The zero-order chi connectivity index (χ0) is 6.15. The number of hydrogen-bond donors (Lipinski definition) is 0. The lowest BCUT2D eigenvalue weighted by atomic mass is 10.6. The van der Waals surface area contributed by atoms with E-state index in [1.54, 1.807) is 0 Å². The lowest BCUT2D eigenvalue weighted by Crippen LogP contribution is -2.27. The van der Waals surface area contributed by atoms with Crippen molar-refractivity contribution in [2.75, 3.05) is 20.6 Å². The third-order valence-corrected chi connectivity index (χ3v) is 1.86. The maximum absolute atomic E-state index is 2.34. The molecule has 0 N–H and O–H groups in total. The summed E-state index contributed by atoms with van der Waals surface area (Å²) in [6.07, 6.45) is 2.13. The first kappa shape index (κ1) is 6.35. The van der Waals surface area contributed by atoms with Crippen LogP contribution in [0.25, 0.3) is 0 Å². The lowest BCUT2D eigenvalue weighted by molar-refractivity contribution is 0.117. The van der Waals surface area contributed by atoms with E-state index in [-0.39, 0.29) is 0 Å². The standard InChI is InChI=1S/C5H9IN2/c1-7-3-5(6)4-8(7)2/h3H,4H2,1-2H3. The molecule has 0 spiro atoms. The Balaban J connectivity index is 2.56. The van der Waals surface area contributed by atoms with Crippen LogP contribution in [0.3, 0.4) is 0 Å². The predicted molar refractivity (Wildman–Crippen MR) is 42.5 cm³/mol. The van der Waals surface area contributed by atoms with E-state index in [1.807, 2.05) is 7.05 Å². The molecule has 8 heavy (non-hydrogen) atoms. The molecular weight excluding hydrogens is 215 g/mol. The first-order chi connectivity index (χ1) is 3.70. The monoisotopic (exact) mass is 224 g/mol. The van der Waals surface area contributed by atoms with Crippen molar-refractivity contribution in [1.29, 1.82) is 0 Å². The van der Waals surface area contributed by atoms with Crippen molar-refractivity contribution in [3.8, 4) is 0 Å². The lowest BCUT2D eigenvalue weighted by Gasteiger charge is -2.18. The van der Waals surface area contributed by atoms with Gasteiger partial charge in [0.25, 0.3) is 0 Å². The van der Waals surface area contributed by atoms with E-state index < -0.39 is 0 Å². The van der Waals surface area contributed by atoms with Crippen LogP contribution in [0.5, 0.6) is 0 Å². The highest BCUT2D eigenvalue weighted by Crippen LogP contribution is 2.15. The van der Waals surface area contributed by atoms with Crippen LogP contribution in [-0.4, -0.2) is 30.7 Å². The number of likely N-dealkylation sites (N-methyl/N-ethyl adjacent to an activating group) is 1. The fourth-order valence-electron chi connectivity index (χ4n) is 0.672. The number of nitrogens with zero attached hydrogens (tertiary/aromatic N) is 2. The second-order valence-corrected chi connectivity index (χ2v) is 3.35. The van der Waals surface area contributed by atoms with Gasteiger partial charge in [0.2, 0.25) is 0 Å². The predicted octanol–water partition coefficient (Wildman–Crippen LogP) is 1.06. The molecule has 0 unspecified atom stereocenters. The van der Waals surface area contributed by atoms with Crippen molar-refractivity contribution in [2.24, 2.45) is 0 Å². The van der Waals surface area contributed by atoms with Gasteiger partial charge in [0.15, 0.2) is 0 Å². The zero-order valence-corrected chi connectivity index (χ0v) is 7.21. The first-order valence-corrected chi connectivity index (χ1v) is 3.58. The fraction of sp³-hybridized carbons (Fsp3) is 0.600. The number of halogens is 1. The molecule has 2 nitrogen and oxygen atoms in total. The third kappa shape index (κ3) is 1.14. The summed E-state index contributed by atoms with van der Waals surface area (Å²) in [5.41, 5.74) is 0. The molecule has 0 aliphatic carbocycles.